The molecule has 1 saturated heterocycles. The predicted molar refractivity (Wildman–Crippen MR) is 112 cm³/mol. The molecule has 8 heteroatoms. The number of benzene rings is 1. The Hall–Kier alpha value is -3.13. The zero-order valence-corrected chi connectivity index (χ0v) is 16.9. The average molecular weight is 405 g/mol. The second-order valence-electron chi connectivity index (χ2n) is 8.33. The molecule has 2 aromatic heterocycles. The van der Waals surface area contributed by atoms with Gasteiger partial charge < -0.3 is 19.6 Å². The lowest BCUT2D eigenvalue weighted by molar-refractivity contribution is 0.0897. The molecule has 3 aliphatic rings. The summed E-state index contributed by atoms with van der Waals surface area (Å²) in [5.74, 6) is 1.77. The predicted octanol–water partition coefficient (Wildman–Crippen LogP) is 2.47. The lowest BCUT2D eigenvalue weighted by Gasteiger charge is -2.39. The smallest absolute Gasteiger partial charge is 0.207 e. The van der Waals surface area contributed by atoms with Crippen molar-refractivity contribution >= 4 is 22.7 Å². The highest BCUT2D eigenvalue weighted by Crippen LogP contribution is 2.45. The summed E-state index contributed by atoms with van der Waals surface area (Å²) in [4.78, 5) is 16.9. The molecule has 3 atom stereocenters. The molecule has 5 heterocycles. The minimum Gasteiger partial charge on any atom is -0.488 e. The second kappa shape index (κ2) is 6.43. The molecule has 3 unspecified atom stereocenters. The van der Waals surface area contributed by atoms with Crippen LogP contribution in [-0.2, 0) is 4.84 Å². The number of oxime groups is 1. The van der Waals surface area contributed by atoms with Crippen LogP contribution in [-0.4, -0.2) is 57.3 Å². The first-order chi connectivity index (χ1) is 14.6. The van der Waals surface area contributed by atoms with Crippen molar-refractivity contribution in [3.8, 4) is 5.75 Å². The van der Waals surface area contributed by atoms with Crippen LogP contribution in [0.25, 0.3) is 11.0 Å². The van der Waals surface area contributed by atoms with Gasteiger partial charge in [-0.3, -0.25) is 9.55 Å². The number of hydrogen-bond acceptors (Lipinski definition) is 7. The van der Waals surface area contributed by atoms with Gasteiger partial charge in [-0.25, -0.2) is 4.98 Å². The summed E-state index contributed by atoms with van der Waals surface area (Å²) in [6, 6.07) is 8.12. The van der Waals surface area contributed by atoms with Crippen LogP contribution in [0.2, 0.25) is 0 Å². The van der Waals surface area contributed by atoms with Crippen LogP contribution in [0.3, 0.4) is 0 Å². The molecule has 0 radical (unpaired) electrons. The Kier molecular flexibility index (Phi) is 3.80. The van der Waals surface area contributed by atoms with E-state index in [1.54, 1.807) is 6.20 Å². The highest BCUT2D eigenvalue weighted by atomic mass is 16.6. The van der Waals surface area contributed by atoms with Crippen molar-refractivity contribution in [2.45, 2.75) is 38.0 Å². The second-order valence-corrected chi connectivity index (χ2v) is 8.33. The Bertz CT molecular complexity index is 1150. The molecule has 30 heavy (non-hydrogen) atoms. The molecule has 6 rings (SSSR count). The van der Waals surface area contributed by atoms with Crippen molar-refractivity contribution in [2.24, 2.45) is 5.16 Å². The summed E-state index contributed by atoms with van der Waals surface area (Å²) in [7, 11) is 0. The molecule has 0 saturated carbocycles. The molecule has 0 aliphatic carbocycles. The zero-order chi connectivity index (χ0) is 20.4. The summed E-state index contributed by atoms with van der Waals surface area (Å²) in [5, 5.41) is 14.1. The van der Waals surface area contributed by atoms with E-state index in [-0.39, 0.29) is 24.2 Å². The third-order valence-corrected chi connectivity index (χ3v) is 6.35. The summed E-state index contributed by atoms with van der Waals surface area (Å²) in [6.07, 6.45) is 3.31. The SMILES string of the molecule is CC1=NOC(C)C1c1ccc2nc(N3CC(O)C3)n3c2c1OCC3c1cccnc1. The molecule has 154 valence electrons. The van der Waals surface area contributed by atoms with Gasteiger partial charge in [-0.2, -0.15) is 0 Å². The van der Waals surface area contributed by atoms with Gasteiger partial charge in [0.25, 0.3) is 0 Å². The first-order valence-corrected chi connectivity index (χ1v) is 10.3. The molecule has 1 N–H and O–H groups in total. The van der Waals surface area contributed by atoms with Crippen LogP contribution >= 0.6 is 0 Å². The molecule has 3 aliphatic heterocycles. The fourth-order valence-corrected chi connectivity index (χ4v) is 4.85. The number of imidazole rings is 1. The van der Waals surface area contributed by atoms with Crippen molar-refractivity contribution in [1.82, 2.24) is 14.5 Å². The molecule has 1 aromatic carbocycles. The molecular formula is C22H23N5O3. The Morgan fingerprint density at radius 1 is 1.20 bits per heavy atom. The number of rotatable bonds is 3. The summed E-state index contributed by atoms with van der Waals surface area (Å²) in [6.45, 7) is 5.70. The molecule has 0 amide bonds. The van der Waals surface area contributed by atoms with Crippen LogP contribution in [0.4, 0.5) is 5.95 Å². The van der Waals surface area contributed by atoms with Crippen LogP contribution < -0.4 is 9.64 Å². The fraction of sp³-hybridized carbons (Fsp3) is 0.409. The Morgan fingerprint density at radius 3 is 2.77 bits per heavy atom. The number of hydrogen-bond donors (Lipinski definition) is 1. The largest absolute Gasteiger partial charge is 0.488 e. The number of ether oxygens (including phenoxy) is 1. The van der Waals surface area contributed by atoms with E-state index in [1.807, 2.05) is 26.1 Å². The summed E-state index contributed by atoms with van der Waals surface area (Å²) in [5.41, 5.74) is 4.98. The standard InChI is InChI=1S/C22H23N5O3/c1-12-19(13(2)30-25-12)16-5-6-17-20-21(16)29-11-18(14-4-3-7-23-8-14)27(20)22(24-17)26-9-15(28)10-26/h3-8,13,15,18-19,28H,9-11H2,1-2H3. The zero-order valence-electron chi connectivity index (χ0n) is 16.9. The summed E-state index contributed by atoms with van der Waals surface area (Å²) >= 11 is 0. The average Bonchev–Trinajstić information content (AvgIpc) is 3.28. The van der Waals surface area contributed by atoms with Crippen molar-refractivity contribution < 1.29 is 14.7 Å². The van der Waals surface area contributed by atoms with E-state index < -0.39 is 0 Å². The molecular weight excluding hydrogens is 382 g/mol. The van der Waals surface area contributed by atoms with Gasteiger partial charge in [-0.15, -0.1) is 0 Å². The van der Waals surface area contributed by atoms with Crippen molar-refractivity contribution in [3.63, 3.8) is 0 Å². The molecule has 3 aromatic rings. The number of nitrogens with zero attached hydrogens (tertiary/aromatic N) is 5. The van der Waals surface area contributed by atoms with Crippen LogP contribution in [0.5, 0.6) is 5.75 Å². The molecule has 0 spiro atoms. The van der Waals surface area contributed by atoms with Gasteiger partial charge in [0.05, 0.1) is 29.3 Å². The van der Waals surface area contributed by atoms with Gasteiger partial charge in [0.1, 0.15) is 24.0 Å². The number of aliphatic hydroxyl groups is 1. The van der Waals surface area contributed by atoms with E-state index in [2.05, 4.69) is 37.8 Å². The number of β-amino-alcohol motifs (C(OH)–C–C–N with tert-alkyl or cyclic N) is 1. The highest BCUT2D eigenvalue weighted by molar-refractivity contribution is 5.94. The van der Waals surface area contributed by atoms with Gasteiger partial charge in [0, 0.05) is 31.0 Å². The van der Waals surface area contributed by atoms with Gasteiger partial charge >= 0.3 is 0 Å². The summed E-state index contributed by atoms with van der Waals surface area (Å²) < 4.78 is 8.66. The van der Waals surface area contributed by atoms with Gasteiger partial charge in [-0.05, 0) is 31.5 Å². The monoisotopic (exact) mass is 405 g/mol. The van der Waals surface area contributed by atoms with Gasteiger partial charge in [0.2, 0.25) is 5.95 Å². The van der Waals surface area contributed by atoms with E-state index >= 15 is 0 Å². The third kappa shape index (κ3) is 2.46. The van der Waals surface area contributed by atoms with E-state index in [1.165, 1.54) is 0 Å². The topological polar surface area (TPSA) is 85.0 Å². The Balaban J connectivity index is 1.57. The highest BCUT2D eigenvalue weighted by Gasteiger charge is 2.38. The van der Waals surface area contributed by atoms with Crippen molar-refractivity contribution in [3.05, 3.63) is 47.8 Å². The lowest BCUT2D eigenvalue weighted by Crippen LogP contribution is -2.52. The molecule has 8 nitrogen and oxygen atoms in total. The van der Waals surface area contributed by atoms with Gasteiger partial charge in [-0.1, -0.05) is 17.3 Å². The van der Waals surface area contributed by atoms with Gasteiger partial charge in [0.15, 0.2) is 0 Å². The number of anilines is 1. The number of pyridine rings is 1. The van der Waals surface area contributed by atoms with E-state index in [4.69, 9.17) is 14.6 Å². The third-order valence-electron chi connectivity index (χ3n) is 6.35. The van der Waals surface area contributed by atoms with E-state index in [0.29, 0.717) is 19.7 Å². The normalized spacial score (nSPS) is 25.6. The van der Waals surface area contributed by atoms with E-state index in [0.717, 1.165) is 39.6 Å². The van der Waals surface area contributed by atoms with Crippen molar-refractivity contribution in [1.29, 1.82) is 0 Å². The first-order valence-electron chi connectivity index (χ1n) is 10.3. The van der Waals surface area contributed by atoms with E-state index in [9.17, 15) is 5.11 Å². The maximum absolute atomic E-state index is 9.88. The number of aliphatic hydroxyl groups excluding tert-OH is 1. The number of aromatic nitrogens is 3. The van der Waals surface area contributed by atoms with Crippen LogP contribution in [0.1, 0.15) is 36.9 Å². The maximum Gasteiger partial charge on any atom is 0.207 e. The van der Waals surface area contributed by atoms with Crippen LogP contribution in [0.15, 0.2) is 41.8 Å². The first kappa shape index (κ1) is 17.7. The Morgan fingerprint density at radius 2 is 2.07 bits per heavy atom. The van der Waals surface area contributed by atoms with Crippen LogP contribution in [0, 0.1) is 0 Å². The Labute approximate surface area is 173 Å². The molecule has 0 bridgehead atoms. The minimum atomic E-state index is -0.306. The quantitative estimate of drug-likeness (QED) is 0.721. The maximum atomic E-state index is 9.88. The fourth-order valence-electron chi connectivity index (χ4n) is 4.85. The minimum absolute atomic E-state index is 0.0359. The lowest BCUT2D eigenvalue weighted by atomic mass is 9.89. The van der Waals surface area contributed by atoms with Crippen molar-refractivity contribution in [2.75, 3.05) is 24.6 Å². The molecule has 1 fully saturated rings.